The van der Waals surface area contributed by atoms with Gasteiger partial charge in [-0.05, 0) is 30.5 Å². The highest BCUT2D eigenvalue weighted by Crippen LogP contribution is 2.32. The van der Waals surface area contributed by atoms with E-state index in [1.165, 1.54) is 0 Å². The topological polar surface area (TPSA) is 29.5 Å². The average Bonchev–Trinajstić information content (AvgIpc) is 2.87. The summed E-state index contributed by atoms with van der Waals surface area (Å²) in [5.41, 5.74) is 1.15. The van der Waals surface area contributed by atoms with Crippen molar-refractivity contribution in [3.8, 4) is 5.75 Å². The first-order chi connectivity index (χ1) is 8.26. The number of halogens is 1. The van der Waals surface area contributed by atoms with Gasteiger partial charge in [-0.3, -0.25) is 4.79 Å². The number of amides is 1. The van der Waals surface area contributed by atoms with Crippen molar-refractivity contribution in [2.75, 3.05) is 19.5 Å². The Morgan fingerprint density at radius 2 is 2.18 bits per heavy atom. The number of benzene rings is 1. The summed E-state index contributed by atoms with van der Waals surface area (Å²) in [4.78, 5) is 13.6. The van der Waals surface area contributed by atoms with Crippen LogP contribution in [0.2, 0.25) is 0 Å². The largest absolute Gasteiger partial charge is 0.497 e. The van der Waals surface area contributed by atoms with Gasteiger partial charge in [0.15, 0.2) is 0 Å². The van der Waals surface area contributed by atoms with Crippen LogP contribution >= 0.6 is 11.6 Å². The highest BCUT2D eigenvalue weighted by atomic mass is 35.5. The fourth-order valence-electron chi connectivity index (χ4n) is 2.31. The van der Waals surface area contributed by atoms with Crippen LogP contribution in [0.5, 0.6) is 5.75 Å². The Kier molecular flexibility index (Phi) is 3.89. The molecule has 0 spiro atoms. The van der Waals surface area contributed by atoms with Crippen molar-refractivity contribution in [2.24, 2.45) is 0 Å². The number of likely N-dealkylation sites (tertiary alicyclic amines) is 1. The van der Waals surface area contributed by atoms with Crippen LogP contribution in [-0.2, 0) is 4.79 Å². The lowest BCUT2D eigenvalue weighted by atomic mass is 10.0. The maximum atomic E-state index is 11.7. The first-order valence-electron chi connectivity index (χ1n) is 5.75. The summed E-state index contributed by atoms with van der Waals surface area (Å²) in [6.07, 6.45) is 2.05. The lowest BCUT2D eigenvalue weighted by Crippen LogP contribution is -2.31. The number of nitrogens with zero attached hydrogens (tertiary/aromatic N) is 1. The molecule has 17 heavy (non-hydrogen) atoms. The number of methoxy groups -OCH3 is 1. The van der Waals surface area contributed by atoms with Crippen LogP contribution in [0.1, 0.15) is 24.4 Å². The van der Waals surface area contributed by atoms with Gasteiger partial charge in [0.25, 0.3) is 0 Å². The van der Waals surface area contributed by atoms with Crippen LogP contribution < -0.4 is 4.74 Å². The minimum Gasteiger partial charge on any atom is -0.497 e. The zero-order valence-electron chi connectivity index (χ0n) is 9.86. The predicted octanol–water partition coefficient (Wildman–Crippen LogP) is 2.60. The molecule has 1 aromatic rings. The Balaban J connectivity index is 2.17. The third kappa shape index (κ3) is 2.55. The molecule has 0 aliphatic carbocycles. The van der Waals surface area contributed by atoms with E-state index in [9.17, 15) is 4.79 Å². The van der Waals surface area contributed by atoms with Crippen molar-refractivity contribution >= 4 is 17.5 Å². The van der Waals surface area contributed by atoms with E-state index in [1.54, 1.807) is 7.11 Å². The van der Waals surface area contributed by atoms with Gasteiger partial charge in [0, 0.05) is 6.54 Å². The minimum atomic E-state index is 0.0185. The van der Waals surface area contributed by atoms with Crippen LogP contribution in [0.25, 0.3) is 0 Å². The van der Waals surface area contributed by atoms with Crippen molar-refractivity contribution in [1.29, 1.82) is 0 Å². The van der Waals surface area contributed by atoms with Crippen molar-refractivity contribution < 1.29 is 9.53 Å². The van der Waals surface area contributed by atoms with Crippen LogP contribution in [0.3, 0.4) is 0 Å². The van der Waals surface area contributed by atoms with Crippen LogP contribution in [0.4, 0.5) is 0 Å². The number of hydrogen-bond acceptors (Lipinski definition) is 2. The molecule has 1 fully saturated rings. The minimum absolute atomic E-state index is 0.0185. The maximum Gasteiger partial charge on any atom is 0.238 e. The van der Waals surface area contributed by atoms with Gasteiger partial charge in [0.1, 0.15) is 11.6 Å². The van der Waals surface area contributed by atoms with Gasteiger partial charge in [-0.15, -0.1) is 11.6 Å². The lowest BCUT2D eigenvalue weighted by Gasteiger charge is -2.24. The van der Waals surface area contributed by atoms with Crippen LogP contribution in [0.15, 0.2) is 24.3 Å². The molecular formula is C13H16ClNO2. The molecule has 0 radical (unpaired) electrons. The van der Waals surface area contributed by atoms with Crippen LogP contribution in [-0.4, -0.2) is 30.3 Å². The molecule has 0 saturated carbocycles. The van der Waals surface area contributed by atoms with E-state index < -0.39 is 0 Å². The Hall–Kier alpha value is -1.22. The Morgan fingerprint density at radius 3 is 2.76 bits per heavy atom. The molecule has 92 valence electrons. The Bertz CT molecular complexity index is 391. The number of alkyl halides is 1. The smallest absolute Gasteiger partial charge is 0.238 e. The molecular weight excluding hydrogens is 238 g/mol. The van der Waals surface area contributed by atoms with Crippen molar-refractivity contribution in [2.45, 2.75) is 18.9 Å². The van der Waals surface area contributed by atoms with E-state index in [0.717, 1.165) is 30.7 Å². The van der Waals surface area contributed by atoms with E-state index in [-0.39, 0.29) is 17.8 Å². The van der Waals surface area contributed by atoms with E-state index in [2.05, 4.69) is 0 Å². The second kappa shape index (κ2) is 5.41. The molecule has 1 heterocycles. The fraction of sp³-hybridized carbons (Fsp3) is 0.462. The molecule has 1 amide bonds. The third-order valence-electron chi connectivity index (χ3n) is 3.19. The summed E-state index contributed by atoms with van der Waals surface area (Å²) >= 11 is 5.62. The van der Waals surface area contributed by atoms with Gasteiger partial charge in [0.2, 0.25) is 5.91 Å². The molecule has 1 unspecified atom stereocenters. The molecule has 0 aromatic heterocycles. The fourth-order valence-corrected chi connectivity index (χ4v) is 2.47. The van der Waals surface area contributed by atoms with Gasteiger partial charge >= 0.3 is 0 Å². The number of rotatable bonds is 3. The molecule has 3 nitrogen and oxygen atoms in total. The predicted molar refractivity (Wildman–Crippen MR) is 67.4 cm³/mol. The summed E-state index contributed by atoms with van der Waals surface area (Å²) in [5, 5.41) is 0. The van der Waals surface area contributed by atoms with Gasteiger partial charge in [-0.1, -0.05) is 12.1 Å². The van der Waals surface area contributed by atoms with Crippen molar-refractivity contribution in [1.82, 2.24) is 4.90 Å². The van der Waals surface area contributed by atoms with Crippen LogP contribution in [0, 0.1) is 0 Å². The lowest BCUT2D eigenvalue weighted by molar-refractivity contribution is -0.129. The number of hydrogen-bond donors (Lipinski definition) is 0. The summed E-state index contributed by atoms with van der Waals surface area (Å²) < 4.78 is 5.13. The second-order valence-electron chi connectivity index (χ2n) is 4.15. The van der Waals surface area contributed by atoms with E-state index in [1.807, 2.05) is 29.2 Å². The second-order valence-corrected chi connectivity index (χ2v) is 4.42. The summed E-state index contributed by atoms with van der Waals surface area (Å²) in [7, 11) is 1.65. The highest BCUT2D eigenvalue weighted by molar-refractivity contribution is 6.27. The molecule has 4 heteroatoms. The average molecular weight is 254 g/mol. The Labute approximate surface area is 106 Å². The number of carbonyl (C=O) groups excluding carboxylic acids is 1. The van der Waals surface area contributed by atoms with E-state index in [0.29, 0.717) is 0 Å². The molecule has 0 bridgehead atoms. The first kappa shape index (κ1) is 12.2. The molecule has 0 N–H and O–H groups in total. The molecule has 1 aliphatic heterocycles. The van der Waals surface area contributed by atoms with Crippen molar-refractivity contribution in [3.05, 3.63) is 29.8 Å². The normalized spacial score (nSPS) is 19.4. The summed E-state index contributed by atoms with van der Waals surface area (Å²) in [6.45, 7) is 0.808. The van der Waals surface area contributed by atoms with Gasteiger partial charge < -0.3 is 9.64 Å². The van der Waals surface area contributed by atoms with E-state index in [4.69, 9.17) is 16.3 Å². The molecule has 1 aromatic carbocycles. The number of carbonyl (C=O) groups is 1. The zero-order valence-corrected chi connectivity index (χ0v) is 10.6. The highest BCUT2D eigenvalue weighted by Gasteiger charge is 2.29. The number of ether oxygens (including phenoxy) is 1. The standard InChI is InChI=1S/C13H16ClNO2/c1-17-11-6-4-10(5-7-11)12-3-2-8-15(12)13(16)9-14/h4-7,12H,2-3,8-9H2,1H3. The summed E-state index contributed by atoms with van der Waals surface area (Å²) in [6, 6.07) is 8.06. The van der Waals surface area contributed by atoms with Crippen molar-refractivity contribution in [3.63, 3.8) is 0 Å². The maximum absolute atomic E-state index is 11.7. The molecule has 1 saturated heterocycles. The SMILES string of the molecule is COc1ccc(C2CCCN2C(=O)CCl)cc1. The summed E-state index contributed by atoms with van der Waals surface area (Å²) in [5.74, 6) is 0.916. The molecule has 2 rings (SSSR count). The molecule has 1 atom stereocenters. The van der Waals surface area contributed by atoms with Gasteiger partial charge in [0.05, 0.1) is 13.2 Å². The van der Waals surface area contributed by atoms with Gasteiger partial charge in [-0.2, -0.15) is 0 Å². The Morgan fingerprint density at radius 1 is 1.47 bits per heavy atom. The van der Waals surface area contributed by atoms with E-state index >= 15 is 0 Å². The zero-order chi connectivity index (χ0) is 12.3. The molecule has 1 aliphatic rings. The quantitative estimate of drug-likeness (QED) is 0.775. The first-order valence-corrected chi connectivity index (χ1v) is 6.29. The third-order valence-corrected chi connectivity index (χ3v) is 3.42. The monoisotopic (exact) mass is 253 g/mol. The van der Waals surface area contributed by atoms with Gasteiger partial charge in [-0.25, -0.2) is 0 Å².